The van der Waals surface area contributed by atoms with Gasteiger partial charge < -0.3 is 14.6 Å². The summed E-state index contributed by atoms with van der Waals surface area (Å²) in [6.45, 7) is 7.37. The average Bonchev–Trinajstić information content (AvgIpc) is 2.37. The van der Waals surface area contributed by atoms with E-state index in [-0.39, 0.29) is 12.4 Å². The molecule has 0 saturated carbocycles. The Hall–Kier alpha value is -0.380. The Bertz CT molecular complexity index is 204. The summed E-state index contributed by atoms with van der Waals surface area (Å²) in [4.78, 5) is 0. The van der Waals surface area contributed by atoms with Crippen LogP contribution in [0.25, 0.3) is 0 Å². The van der Waals surface area contributed by atoms with Crippen LogP contribution in [0.5, 0.6) is 0 Å². The third-order valence-electron chi connectivity index (χ3n) is 3.06. The van der Waals surface area contributed by atoms with Crippen LogP contribution in [-0.2, 0) is 9.47 Å². The van der Waals surface area contributed by atoms with Crippen molar-refractivity contribution in [2.24, 2.45) is 0 Å². The first-order chi connectivity index (χ1) is 9.20. The van der Waals surface area contributed by atoms with Crippen LogP contribution >= 0.6 is 0 Å². The molecule has 0 heterocycles. The molecule has 0 aromatic carbocycles. The Labute approximate surface area is 119 Å². The van der Waals surface area contributed by atoms with Gasteiger partial charge in [0.1, 0.15) is 0 Å². The SMILES string of the molecule is C/C=C/C(O)CCCCCCCCOC(C)OCC. The molecular formula is C16H32O3. The monoisotopic (exact) mass is 272 g/mol. The fourth-order valence-electron chi connectivity index (χ4n) is 2.01. The van der Waals surface area contributed by atoms with E-state index in [2.05, 4.69) is 0 Å². The molecule has 2 unspecified atom stereocenters. The van der Waals surface area contributed by atoms with Gasteiger partial charge in [-0.2, -0.15) is 0 Å². The molecule has 0 aliphatic heterocycles. The highest BCUT2D eigenvalue weighted by Crippen LogP contribution is 2.09. The molecule has 3 heteroatoms. The first-order valence-electron chi connectivity index (χ1n) is 7.74. The van der Waals surface area contributed by atoms with Gasteiger partial charge >= 0.3 is 0 Å². The number of hydrogen-bond donors (Lipinski definition) is 1. The van der Waals surface area contributed by atoms with Crippen molar-refractivity contribution in [3.63, 3.8) is 0 Å². The molecule has 0 rings (SSSR count). The summed E-state index contributed by atoms with van der Waals surface area (Å²) >= 11 is 0. The van der Waals surface area contributed by atoms with Crippen LogP contribution < -0.4 is 0 Å². The van der Waals surface area contributed by atoms with E-state index < -0.39 is 0 Å². The Kier molecular flexibility index (Phi) is 13.8. The predicted molar refractivity (Wildman–Crippen MR) is 80.2 cm³/mol. The second-order valence-electron chi connectivity index (χ2n) is 4.90. The van der Waals surface area contributed by atoms with Gasteiger partial charge in [0, 0.05) is 13.2 Å². The summed E-state index contributed by atoms with van der Waals surface area (Å²) in [7, 11) is 0. The lowest BCUT2D eigenvalue weighted by molar-refractivity contribution is -0.127. The molecule has 0 amide bonds. The molecule has 0 fully saturated rings. The minimum atomic E-state index is -0.251. The Morgan fingerprint density at radius 2 is 1.63 bits per heavy atom. The minimum Gasteiger partial charge on any atom is -0.389 e. The van der Waals surface area contributed by atoms with E-state index in [0.29, 0.717) is 6.61 Å². The molecule has 0 bridgehead atoms. The summed E-state index contributed by atoms with van der Waals surface area (Å²) in [5.74, 6) is 0. The van der Waals surface area contributed by atoms with Crippen molar-refractivity contribution in [1.82, 2.24) is 0 Å². The fraction of sp³-hybridized carbons (Fsp3) is 0.875. The number of hydrogen-bond acceptors (Lipinski definition) is 3. The summed E-state index contributed by atoms with van der Waals surface area (Å²) in [5, 5.41) is 9.50. The maximum Gasteiger partial charge on any atom is 0.154 e. The zero-order chi connectivity index (χ0) is 14.3. The van der Waals surface area contributed by atoms with E-state index in [9.17, 15) is 5.11 Å². The van der Waals surface area contributed by atoms with E-state index in [1.54, 1.807) is 0 Å². The Morgan fingerprint density at radius 3 is 2.26 bits per heavy atom. The maximum absolute atomic E-state index is 9.50. The van der Waals surface area contributed by atoms with E-state index in [1.807, 2.05) is 32.9 Å². The summed E-state index contributed by atoms with van der Waals surface area (Å²) in [5.41, 5.74) is 0. The van der Waals surface area contributed by atoms with Crippen molar-refractivity contribution < 1.29 is 14.6 Å². The second kappa shape index (κ2) is 14.0. The smallest absolute Gasteiger partial charge is 0.154 e. The lowest BCUT2D eigenvalue weighted by atomic mass is 10.1. The number of ether oxygens (including phenoxy) is 2. The highest BCUT2D eigenvalue weighted by atomic mass is 16.7. The molecule has 0 aliphatic carbocycles. The predicted octanol–water partition coefficient (Wildman–Crippen LogP) is 4.05. The zero-order valence-electron chi connectivity index (χ0n) is 12.9. The van der Waals surface area contributed by atoms with Gasteiger partial charge in [-0.25, -0.2) is 0 Å². The van der Waals surface area contributed by atoms with Crippen LogP contribution in [0.2, 0.25) is 0 Å². The molecule has 19 heavy (non-hydrogen) atoms. The topological polar surface area (TPSA) is 38.7 Å². The van der Waals surface area contributed by atoms with Gasteiger partial charge in [0.15, 0.2) is 6.29 Å². The lowest BCUT2D eigenvalue weighted by Gasteiger charge is -2.12. The lowest BCUT2D eigenvalue weighted by Crippen LogP contribution is -2.13. The highest BCUT2D eigenvalue weighted by molar-refractivity contribution is 4.84. The van der Waals surface area contributed by atoms with Crippen LogP contribution in [0, 0.1) is 0 Å². The third-order valence-corrected chi connectivity index (χ3v) is 3.06. The average molecular weight is 272 g/mol. The van der Waals surface area contributed by atoms with Crippen LogP contribution in [0.4, 0.5) is 0 Å². The van der Waals surface area contributed by atoms with Crippen molar-refractivity contribution in [1.29, 1.82) is 0 Å². The van der Waals surface area contributed by atoms with E-state index in [1.165, 1.54) is 25.7 Å². The van der Waals surface area contributed by atoms with Gasteiger partial charge in [0.05, 0.1) is 6.10 Å². The molecule has 1 N–H and O–H groups in total. The van der Waals surface area contributed by atoms with E-state index in [0.717, 1.165) is 25.9 Å². The molecule has 114 valence electrons. The molecular weight excluding hydrogens is 240 g/mol. The quantitative estimate of drug-likeness (QED) is 0.312. The van der Waals surface area contributed by atoms with Crippen molar-refractivity contribution >= 4 is 0 Å². The number of unbranched alkanes of at least 4 members (excludes halogenated alkanes) is 5. The molecule has 2 atom stereocenters. The largest absolute Gasteiger partial charge is 0.389 e. The molecule has 0 aromatic rings. The molecule has 0 aromatic heterocycles. The molecule has 0 saturated heterocycles. The van der Waals surface area contributed by atoms with E-state index >= 15 is 0 Å². The standard InChI is InChI=1S/C16H32O3/c1-4-12-16(17)13-10-8-6-7-9-11-14-19-15(3)18-5-2/h4,12,15-17H,5-11,13-14H2,1-3H3/b12-4+. The maximum atomic E-state index is 9.50. The van der Waals surface area contributed by atoms with Crippen LogP contribution in [0.15, 0.2) is 12.2 Å². The summed E-state index contributed by atoms with van der Waals surface area (Å²) < 4.78 is 10.8. The highest BCUT2D eigenvalue weighted by Gasteiger charge is 2.00. The molecule has 0 radical (unpaired) electrons. The van der Waals surface area contributed by atoms with Crippen molar-refractivity contribution in [3.8, 4) is 0 Å². The van der Waals surface area contributed by atoms with Crippen molar-refractivity contribution in [2.75, 3.05) is 13.2 Å². The molecule has 0 spiro atoms. The Balaban J connectivity index is 3.15. The summed E-state index contributed by atoms with van der Waals surface area (Å²) in [6, 6.07) is 0. The Morgan fingerprint density at radius 1 is 1.00 bits per heavy atom. The van der Waals surface area contributed by atoms with Crippen LogP contribution in [0.3, 0.4) is 0 Å². The number of allylic oxidation sites excluding steroid dienone is 1. The van der Waals surface area contributed by atoms with Crippen LogP contribution in [0.1, 0.15) is 65.7 Å². The van der Waals surface area contributed by atoms with Gasteiger partial charge in [-0.3, -0.25) is 0 Å². The fourth-order valence-corrected chi connectivity index (χ4v) is 2.01. The normalized spacial score (nSPS) is 14.9. The number of rotatable bonds is 13. The first kappa shape index (κ1) is 18.6. The van der Waals surface area contributed by atoms with Gasteiger partial charge in [-0.05, 0) is 33.6 Å². The molecule has 3 nitrogen and oxygen atoms in total. The number of aliphatic hydroxyl groups excluding tert-OH is 1. The molecule has 0 aliphatic rings. The minimum absolute atomic E-state index is 0.0712. The summed E-state index contributed by atoms with van der Waals surface area (Å²) in [6.07, 6.45) is 11.5. The van der Waals surface area contributed by atoms with Crippen molar-refractivity contribution in [3.05, 3.63) is 12.2 Å². The van der Waals surface area contributed by atoms with Gasteiger partial charge in [0.25, 0.3) is 0 Å². The van der Waals surface area contributed by atoms with Crippen molar-refractivity contribution in [2.45, 2.75) is 78.1 Å². The van der Waals surface area contributed by atoms with E-state index in [4.69, 9.17) is 9.47 Å². The zero-order valence-corrected chi connectivity index (χ0v) is 12.9. The van der Waals surface area contributed by atoms with Gasteiger partial charge in [-0.15, -0.1) is 0 Å². The second-order valence-corrected chi connectivity index (χ2v) is 4.90. The number of aliphatic hydroxyl groups is 1. The third kappa shape index (κ3) is 13.8. The first-order valence-corrected chi connectivity index (χ1v) is 7.74. The van der Waals surface area contributed by atoms with Crippen LogP contribution in [-0.4, -0.2) is 30.7 Å². The van der Waals surface area contributed by atoms with Gasteiger partial charge in [0.2, 0.25) is 0 Å². The van der Waals surface area contributed by atoms with Gasteiger partial charge in [-0.1, -0.05) is 44.3 Å².